The molecular weight excluding hydrogens is 405 g/mol. The van der Waals surface area contributed by atoms with Crippen LogP contribution in [-0.4, -0.2) is 37.9 Å². The van der Waals surface area contributed by atoms with Gasteiger partial charge in [-0.1, -0.05) is 0 Å². The van der Waals surface area contributed by atoms with E-state index < -0.39 is 22.0 Å². The topological polar surface area (TPSA) is 63.7 Å². The van der Waals surface area contributed by atoms with Gasteiger partial charge in [-0.25, -0.2) is 8.42 Å². The Morgan fingerprint density at radius 2 is 2.00 bits per heavy atom. The highest BCUT2D eigenvalue weighted by Gasteiger charge is 2.38. The summed E-state index contributed by atoms with van der Waals surface area (Å²) in [6.45, 7) is 2.34. The van der Waals surface area contributed by atoms with Crippen molar-refractivity contribution in [3.63, 3.8) is 0 Å². The Bertz CT molecular complexity index is 600. The molecule has 0 radical (unpaired) electrons. The number of halogens is 1. The zero-order valence-corrected chi connectivity index (χ0v) is 14.8. The third-order valence-electron chi connectivity index (χ3n) is 3.43. The first-order valence-corrected chi connectivity index (χ1v) is 9.42. The number of esters is 1. The molecule has 1 aliphatic rings. The van der Waals surface area contributed by atoms with Gasteiger partial charge in [-0.15, -0.1) is 0 Å². The quantitative estimate of drug-likeness (QED) is 0.551. The molecule has 0 amide bonds. The molecule has 0 saturated carbocycles. The third-order valence-corrected chi connectivity index (χ3v) is 6.07. The first-order valence-electron chi connectivity index (χ1n) is 6.91. The predicted octanol–water partition coefficient (Wildman–Crippen LogP) is 2.40. The molecule has 1 saturated heterocycles. The van der Waals surface area contributed by atoms with Crippen molar-refractivity contribution in [3.8, 4) is 0 Å². The molecule has 2 rings (SSSR count). The molecule has 0 aliphatic carbocycles. The lowest BCUT2D eigenvalue weighted by atomic mass is 10.1. The van der Waals surface area contributed by atoms with E-state index in [0.29, 0.717) is 13.0 Å². The van der Waals surface area contributed by atoms with E-state index in [0.717, 1.165) is 16.4 Å². The molecule has 0 aromatic heterocycles. The summed E-state index contributed by atoms with van der Waals surface area (Å²) in [5.41, 5.74) is 0. The van der Waals surface area contributed by atoms with Crippen LogP contribution in [0.2, 0.25) is 0 Å². The lowest BCUT2D eigenvalue weighted by Crippen LogP contribution is -2.48. The number of nitrogens with zero attached hydrogens (tertiary/aromatic N) is 1. The van der Waals surface area contributed by atoms with Crippen molar-refractivity contribution in [1.29, 1.82) is 0 Å². The van der Waals surface area contributed by atoms with Crippen LogP contribution in [0.5, 0.6) is 0 Å². The first kappa shape index (κ1) is 16.7. The smallest absolute Gasteiger partial charge is 0.324 e. The summed E-state index contributed by atoms with van der Waals surface area (Å²) < 4.78 is 32.7. The molecule has 0 bridgehead atoms. The van der Waals surface area contributed by atoms with E-state index in [1.165, 1.54) is 4.31 Å². The molecule has 5 nitrogen and oxygen atoms in total. The van der Waals surface area contributed by atoms with E-state index in [1.807, 2.05) is 0 Å². The maximum Gasteiger partial charge on any atom is 0.324 e. The van der Waals surface area contributed by atoms with Crippen molar-refractivity contribution in [1.82, 2.24) is 4.31 Å². The second-order valence-electron chi connectivity index (χ2n) is 4.83. The summed E-state index contributed by atoms with van der Waals surface area (Å²) in [4.78, 5) is 12.2. The molecule has 1 atom stereocenters. The van der Waals surface area contributed by atoms with Gasteiger partial charge >= 0.3 is 5.97 Å². The molecule has 0 spiro atoms. The third kappa shape index (κ3) is 3.75. The van der Waals surface area contributed by atoms with Crippen LogP contribution < -0.4 is 0 Å². The second-order valence-corrected chi connectivity index (χ2v) is 7.97. The highest BCUT2D eigenvalue weighted by Crippen LogP contribution is 2.26. The molecular formula is C14H18INO4S. The zero-order valence-electron chi connectivity index (χ0n) is 11.8. The van der Waals surface area contributed by atoms with Crippen molar-refractivity contribution < 1.29 is 17.9 Å². The number of piperidine rings is 1. The van der Waals surface area contributed by atoms with E-state index in [2.05, 4.69) is 22.6 Å². The number of benzene rings is 1. The lowest BCUT2D eigenvalue weighted by Gasteiger charge is -2.32. The van der Waals surface area contributed by atoms with Gasteiger partial charge in [0.15, 0.2) is 0 Å². The van der Waals surface area contributed by atoms with Gasteiger partial charge in [0.25, 0.3) is 0 Å². The molecule has 1 heterocycles. The highest BCUT2D eigenvalue weighted by atomic mass is 127. The number of rotatable bonds is 4. The molecule has 21 heavy (non-hydrogen) atoms. The van der Waals surface area contributed by atoms with Crippen LogP contribution >= 0.6 is 22.6 Å². The fourth-order valence-electron chi connectivity index (χ4n) is 2.41. The minimum absolute atomic E-state index is 0.221. The lowest BCUT2D eigenvalue weighted by molar-refractivity contribution is -0.148. The Hall–Kier alpha value is -0.670. The molecule has 116 valence electrons. The van der Waals surface area contributed by atoms with Gasteiger partial charge in [-0.2, -0.15) is 4.31 Å². The molecule has 1 fully saturated rings. The van der Waals surface area contributed by atoms with Crippen molar-refractivity contribution in [2.24, 2.45) is 0 Å². The monoisotopic (exact) mass is 423 g/mol. The Kier molecular flexibility index (Phi) is 5.61. The van der Waals surface area contributed by atoms with Gasteiger partial charge in [0.2, 0.25) is 10.0 Å². The normalized spacial score (nSPS) is 20.2. The first-order chi connectivity index (χ1) is 9.96. The van der Waals surface area contributed by atoms with E-state index >= 15 is 0 Å². The van der Waals surface area contributed by atoms with Crippen LogP contribution in [-0.2, 0) is 19.6 Å². The van der Waals surface area contributed by atoms with E-state index in [-0.39, 0.29) is 11.5 Å². The summed E-state index contributed by atoms with van der Waals surface area (Å²) in [7, 11) is -3.66. The minimum Gasteiger partial charge on any atom is -0.465 e. The molecule has 1 unspecified atom stereocenters. The van der Waals surface area contributed by atoms with Gasteiger partial charge in [0, 0.05) is 10.1 Å². The maximum atomic E-state index is 12.7. The highest BCUT2D eigenvalue weighted by molar-refractivity contribution is 14.1. The molecule has 7 heteroatoms. The van der Waals surface area contributed by atoms with E-state index in [1.54, 1.807) is 31.2 Å². The van der Waals surface area contributed by atoms with Gasteiger partial charge < -0.3 is 4.74 Å². The summed E-state index contributed by atoms with van der Waals surface area (Å²) in [5, 5.41) is 0. The second kappa shape index (κ2) is 7.06. The van der Waals surface area contributed by atoms with Crippen molar-refractivity contribution in [2.45, 2.75) is 37.1 Å². The predicted molar refractivity (Wildman–Crippen MR) is 87.3 cm³/mol. The maximum absolute atomic E-state index is 12.7. The fraction of sp³-hybridized carbons (Fsp3) is 0.500. The summed E-state index contributed by atoms with van der Waals surface area (Å²) in [5.74, 6) is -0.453. The average molecular weight is 423 g/mol. The summed E-state index contributed by atoms with van der Waals surface area (Å²) >= 11 is 2.12. The van der Waals surface area contributed by atoms with Gasteiger partial charge in [-0.3, -0.25) is 4.79 Å². The standard InChI is InChI=1S/C14H18INO4S/c1-2-20-14(17)13-5-3-4-10-16(13)21(18,19)12-8-6-11(15)7-9-12/h6-9,13H,2-5,10H2,1H3. The zero-order chi connectivity index (χ0) is 15.5. The van der Waals surface area contributed by atoms with Crippen LogP contribution in [0.1, 0.15) is 26.2 Å². The van der Waals surface area contributed by atoms with E-state index in [4.69, 9.17) is 4.74 Å². The Balaban J connectivity index is 2.31. The number of carbonyl (C=O) groups is 1. The number of ether oxygens (including phenoxy) is 1. The fourth-order valence-corrected chi connectivity index (χ4v) is 4.42. The number of carbonyl (C=O) groups excluding carboxylic acids is 1. The van der Waals surface area contributed by atoms with Crippen LogP contribution in [0.4, 0.5) is 0 Å². The van der Waals surface area contributed by atoms with Crippen LogP contribution in [0, 0.1) is 3.57 Å². The van der Waals surface area contributed by atoms with Crippen molar-refractivity contribution in [2.75, 3.05) is 13.2 Å². The summed E-state index contributed by atoms with van der Waals surface area (Å²) in [6, 6.07) is 5.94. The summed E-state index contributed by atoms with van der Waals surface area (Å²) in [6.07, 6.45) is 2.12. The minimum atomic E-state index is -3.66. The van der Waals surface area contributed by atoms with Crippen molar-refractivity contribution in [3.05, 3.63) is 27.8 Å². The van der Waals surface area contributed by atoms with Crippen LogP contribution in [0.15, 0.2) is 29.2 Å². The van der Waals surface area contributed by atoms with Crippen molar-refractivity contribution >= 4 is 38.6 Å². The van der Waals surface area contributed by atoms with Gasteiger partial charge in [-0.05, 0) is 73.0 Å². The molecule has 1 aromatic rings. The Labute approximate surface area is 138 Å². The molecule has 0 N–H and O–H groups in total. The number of sulfonamides is 1. The van der Waals surface area contributed by atoms with Gasteiger partial charge in [0.1, 0.15) is 6.04 Å². The van der Waals surface area contributed by atoms with E-state index in [9.17, 15) is 13.2 Å². The largest absolute Gasteiger partial charge is 0.465 e. The molecule has 1 aromatic carbocycles. The number of hydrogen-bond donors (Lipinski definition) is 0. The van der Waals surface area contributed by atoms with Crippen LogP contribution in [0.3, 0.4) is 0 Å². The Morgan fingerprint density at radius 3 is 2.62 bits per heavy atom. The van der Waals surface area contributed by atoms with Crippen LogP contribution in [0.25, 0.3) is 0 Å². The Morgan fingerprint density at radius 1 is 1.33 bits per heavy atom. The number of hydrogen-bond acceptors (Lipinski definition) is 4. The molecule has 1 aliphatic heterocycles. The van der Waals surface area contributed by atoms with Gasteiger partial charge in [0.05, 0.1) is 11.5 Å². The SMILES string of the molecule is CCOC(=O)C1CCCCN1S(=O)(=O)c1ccc(I)cc1. The average Bonchev–Trinajstić information content (AvgIpc) is 2.48.